The summed E-state index contributed by atoms with van der Waals surface area (Å²) >= 11 is 4.88. The summed E-state index contributed by atoms with van der Waals surface area (Å²) < 4.78 is 38.6. The summed E-state index contributed by atoms with van der Waals surface area (Å²) in [5, 5.41) is -0.986. The number of hydrogen-bond acceptors (Lipinski definition) is 2. The minimum Gasteiger partial charge on any atom is -0.503 e. The van der Waals surface area contributed by atoms with Gasteiger partial charge in [-0.1, -0.05) is 11.6 Å². The number of carbonyl (C=O) groups excluding carboxylic acids is 1. The molecule has 0 aliphatic carbocycles. The number of ether oxygens (including phenoxy) is 1. The average Bonchev–Trinajstić information content (AvgIpc) is 1.85. The van der Waals surface area contributed by atoms with E-state index in [0.717, 1.165) is 7.11 Å². The molecule has 0 unspecified atom stereocenters. The van der Waals surface area contributed by atoms with Crippen LogP contribution < -0.4 is 0 Å². The van der Waals surface area contributed by atoms with E-state index >= 15 is 0 Å². The van der Waals surface area contributed by atoms with Crippen LogP contribution in [0.5, 0.6) is 0 Å². The predicted octanol–water partition coefficient (Wildman–Crippen LogP) is 1.84. The maximum atomic E-state index is 11.5. The van der Waals surface area contributed by atoms with E-state index in [1.54, 1.807) is 0 Å². The van der Waals surface area contributed by atoms with Gasteiger partial charge in [-0.2, -0.15) is 13.2 Å². The van der Waals surface area contributed by atoms with Gasteiger partial charge in [0.05, 0.1) is 7.11 Å². The molecule has 0 saturated carbocycles. The van der Waals surface area contributed by atoms with Crippen LogP contribution in [0.25, 0.3) is 0 Å². The lowest BCUT2D eigenvalue weighted by Gasteiger charge is -2.01. The Morgan fingerprint density at radius 2 is 2.00 bits per heavy atom. The van der Waals surface area contributed by atoms with E-state index in [4.69, 9.17) is 11.6 Å². The molecule has 6 heteroatoms. The third-order valence-electron chi connectivity index (χ3n) is 0.696. The lowest BCUT2D eigenvalue weighted by molar-refractivity contribution is -0.165. The number of ketones is 1. The van der Waals surface area contributed by atoms with Gasteiger partial charge >= 0.3 is 6.18 Å². The second kappa shape index (κ2) is 3.61. The van der Waals surface area contributed by atoms with E-state index in [1.165, 1.54) is 0 Å². The van der Waals surface area contributed by atoms with Crippen molar-refractivity contribution in [1.82, 2.24) is 0 Å². The van der Waals surface area contributed by atoms with Gasteiger partial charge in [-0.25, -0.2) is 0 Å². The molecule has 0 N–H and O–H groups in total. The molecule has 0 aromatic heterocycles. The lowest BCUT2D eigenvalue weighted by Crippen LogP contribution is -2.22. The Kier molecular flexibility index (Phi) is 3.38. The molecule has 0 spiro atoms. The molecule has 0 atom stereocenters. The van der Waals surface area contributed by atoms with Gasteiger partial charge in [0, 0.05) is 0 Å². The molecule has 64 valence electrons. The zero-order chi connectivity index (χ0) is 9.07. The van der Waals surface area contributed by atoms with Crippen molar-refractivity contribution in [2.75, 3.05) is 7.11 Å². The monoisotopic (exact) mass is 188 g/mol. The first-order valence-electron chi connectivity index (χ1n) is 2.39. The molecule has 0 saturated heterocycles. The first-order valence-corrected chi connectivity index (χ1v) is 2.77. The molecular weight excluding hydrogens is 184 g/mol. The lowest BCUT2D eigenvalue weighted by atomic mass is 10.4. The Balaban J connectivity index is 4.39. The summed E-state index contributed by atoms with van der Waals surface area (Å²) in [5.74, 6) is -2.11. The van der Waals surface area contributed by atoms with Crippen molar-refractivity contribution in [2.45, 2.75) is 6.18 Å². The zero-order valence-electron chi connectivity index (χ0n) is 5.41. The Bertz CT molecular complexity index is 185. The minimum absolute atomic E-state index is 0.525. The molecular formula is C5H4ClF3O2. The van der Waals surface area contributed by atoms with Crippen molar-refractivity contribution in [1.29, 1.82) is 0 Å². The van der Waals surface area contributed by atoms with Gasteiger partial charge in [-0.05, 0) is 0 Å². The summed E-state index contributed by atoms with van der Waals surface area (Å²) in [7, 11) is 1.09. The van der Waals surface area contributed by atoms with Crippen LogP contribution in [0.1, 0.15) is 0 Å². The highest BCUT2D eigenvalue weighted by Crippen LogP contribution is 2.22. The quantitative estimate of drug-likeness (QED) is 0.488. The van der Waals surface area contributed by atoms with Crippen LogP contribution in [0.2, 0.25) is 0 Å². The van der Waals surface area contributed by atoms with Gasteiger partial charge in [0.25, 0.3) is 5.78 Å². The molecule has 0 aromatic carbocycles. The number of rotatable bonds is 2. The van der Waals surface area contributed by atoms with Gasteiger partial charge in [0.15, 0.2) is 0 Å². The summed E-state index contributed by atoms with van der Waals surface area (Å²) in [6.07, 6.45) is -4.41. The summed E-state index contributed by atoms with van der Waals surface area (Å²) in [5.41, 5.74) is 0. The van der Waals surface area contributed by atoms with E-state index in [-0.39, 0.29) is 0 Å². The van der Waals surface area contributed by atoms with Gasteiger partial charge in [-0.15, -0.1) is 0 Å². The van der Waals surface area contributed by atoms with E-state index in [2.05, 4.69) is 4.74 Å². The molecule has 0 aromatic rings. The molecule has 0 heterocycles. The maximum Gasteiger partial charge on any atom is 0.455 e. The Hall–Kier alpha value is -0.710. The molecule has 0 fully saturated rings. The largest absolute Gasteiger partial charge is 0.503 e. The first kappa shape index (κ1) is 10.3. The molecule has 0 aliphatic heterocycles. The summed E-state index contributed by atoms with van der Waals surface area (Å²) in [4.78, 5) is 10.1. The van der Waals surface area contributed by atoms with E-state index in [9.17, 15) is 18.0 Å². The molecule has 0 amide bonds. The smallest absolute Gasteiger partial charge is 0.455 e. The van der Waals surface area contributed by atoms with Gasteiger partial charge < -0.3 is 4.74 Å². The number of halogens is 4. The third-order valence-corrected chi connectivity index (χ3v) is 0.956. The van der Waals surface area contributed by atoms with E-state index in [0.29, 0.717) is 6.26 Å². The predicted molar refractivity (Wildman–Crippen MR) is 32.0 cm³/mol. The standard InChI is InChI=1S/C5H4ClF3O2/c1-11-2-3(6)4(10)5(7,8)9/h2H,1H3. The topological polar surface area (TPSA) is 26.3 Å². The van der Waals surface area contributed by atoms with Crippen molar-refractivity contribution < 1.29 is 22.7 Å². The summed E-state index contributed by atoms with van der Waals surface area (Å²) in [6, 6.07) is 0. The van der Waals surface area contributed by atoms with Crippen LogP contribution in [0, 0.1) is 0 Å². The van der Waals surface area contributed by atoms with Crippen molar-refractivity contribution in [3.8, 4) is 0 Å². The SMILES string of the molecule is COC=C(Cl)C(=O)C(F)(F)F. The fourth-order valence-electron chi connectivity index (χ4n) is 0.292. The molecule has 0 radical (unpaired) electrons. The normalized spacial score (nSPS) is 13.0. The van der Waals surface area contributed by atoms with Crippen LogP contribution in [-0.2, 0) is 9.53 Å². The Labute approximate surface area is 65.6 Å². The van der Waals surface area contributed by atoms with E-state index < -0.39 is 17.0 Å². The number of carbonyl (C=O) groups is 1. The molecule has 11 heavy (non-hydrogen) atoms. The minimum atomic E-state index is -4.94. The van der Waals surface area contributed by atoms with Gasteiger partial charge in [0.1, 0.15) is 11.3 Å². The first-order chi connectivity index (χ1) is 4.89. The highest BCUT2D eigenvalue weighted by molar-refractivity contribution is 6.43. The van der Waals surface area contributed by atoms with Crippen LogP contribution >= 0.6 is 11.6 Å². The Morgan fingerprint density at radius 3 is 2.27 bits per heavy atom. The van der Waals surface area contributed by atoms with Crippen LogP contribution in [-0.4, -0.2) is 19.1 Å². The molecule has 0 rings (SSSR count). The fourth-order valence-corrected chi connectivity index (χ4v) is 0.489. The van der Waals surface area contributed by atoms with Gasteiger partial charge in [0.2, 0.25) is 0 Å². The number of methoxy groups -OCH3 is 1. The summed E-state index contributed by atoms with van der Waals surface area (Å²) in [6.45, 7) is 0. The number of allylic oxidation sites excluding steroid dienone is 1. The fraction of sp³-hybridized carbons (Fsp3) is 0.400. The Morgan fingerprint density at radius 1 is 1.55 bits per heavy atom. The zero-order valence-corrected chi connectivity index (χ0v) is 6.16. The van der Waals surface area contributed by atoms with Crippen LogP contribution in [0.3, 0.4) is 0 Å². The highest BCUT2D eigenvalue weighted by atomic mass is 35.5. The third kappa shape index (κ3) is 3.27. The average molecular weight is 189 g/mol. The molecule has 2 nitrogen and oxygen atoms in total. The highest BCUT2D eigenvalue weighted by Gasteiger charge is 2.40. The molecule has 0 bridgehead atoms. The van der Waals surface area contributed by atoms with Crippen molar-refractivity contribution >= 4 is 17.4 Å². The van der Waals surface area contributed by atoms with Crippen molar-refractivity contribution in [2.24, 2.45) is 0 Å². The van der Waals surface area contributed by atoms with Crippen molar-refractivity contribution in [3.05, 3.63) is 11.3 Å². The second-order valence-electron chi connectivity index (χ2n) is 1.53. The number of hydrogen-bond donors (Lipinski definition) is 0. The number of alkyl halides is 3. The van der Waals surface area contributed by atoms with Crippen molar-refractivity contribution in [3.63, 3.8) is 0 Å². The second-order valence-corrected chi connectivity index (χ2v) is 1.94. The van der Waals surface area contributed by atoms with Crippen LogP contribution in [0.15, 0.2) is 11.3 Å². The number of Topliss-reactive ketones (excluding diaryl/α,β-unsaturated/α-hetero) is 1. The van der Waals surface area contributed by atoms with Gasteiger partial charge in [-0.3, -0.25) is 4.79 Å². The van der Waals surface area contributed by atoms with Crippen LogP contribution in [0.4, 0.5) is 13.2 Å². The molecule has 0 aliphatic rings. The van der Waals surface area contributed by atoms with E-state index in [1.807, 2.05) is 0 Å². The maximum absolute atomic E-state index is 11.5.